The van der Waals surface area contributed by atoms with Crippen molar-refractivity contribution in [3.63, 3.8) is 0 Å². The quantitative estimate of drug-likeness (QED) is 0.722. The van der Waals surface area contributed by atoms with Crippen LogP contribution >= 0.6 is 27.5 Å². The van der Waals surface area contributed by atoms with Crippen LogP contribution in [0.5, 0.6) is 0 Å². The zero-order valence-corrected chi connectivity index (χ0v) is 11.4. The number of halogens is 2. The molecule has 84 valence electrons. The maximum Gasteiger partial charge on any atom is 0.0635 e. The Morgan fingerprint density at radius 3 is 2.87 bits per heavy atom. The van der Waals surface area contributed by atoms with Crippen LogP contribution in [0.2, 0.25) is 0 Å². The Balaban J connectivity index is 2.28. The monoisotopic (exact) mass is 290 g/mol. The fourth-order valence-corrected chi connectivity index (χ4v) is 3.45. The second-order valence-electron chi connectivity index (χ2n) is 4.50. The molecule has 1 aliphatic carbocycles. The van der Waals surface area contributed by atoms with Crippen molar-refractivity contribution in [3.05, 3.63) is 16.4 Å². The molecule has 0 amide bonds. The Bertz CT molecular complexity index is 331. The average molecular weight is 292 g/mol. The Kier molecular flexibility index (Phi) is 3.41. The van der Waals surface area contributed by atoms with Crippen LogP contribution in [0.3, 0.4) is 0 Å². The van der Waals surface area contributed by atoms with Gasteiger partial charge in [0.25, 0.3) is 0 Å². The molecule has 0 bridgehead atoms. The molecule has 2 rings (SSSR count). The molecule has 0 aliphatic heterocycles. The van der Waals surface area contributed by atoms with Gasteiger partial charge in [0.15, 0.2) is 0 Å². The minimum absolute atomic E-state index is 0.327. The van der Waals surface area contributed by atoms with Crippen molar-refractivity contribution < 1.29 is 0 Å². The maximum absolute atomic E-state index is 6.25. The minimum Gasteiger partial charge on any atom is -0.271 e. The number of rotatable bonds is 1. The molecule has 1 aliphatic rings. The molecule has 1 saturated carbocycles. The van der Waals surface area contributed by atoms with Gasteiger partial charge in [-0.15, -0.1) is 11.6 Å². The Morgan fingerprint density at radius 2 is 2.27 bits per heavy atom. The predicted molar refractivity (Wildman–Crippen MR) is 66.3 cm³/mol. The third kappa shape index (κ3) is 2.23. The zero-order chi connectivity index (χ0) is 11.0. The molecular formula is C11H16BrClN2. The van der Waals surface area contributed by atoms with Gasteiger partial charge >= 0.3 is 0 Å². The van der Waals surface area contributed by atoms with E-state index in [1.807, 2.05) is 17.9 Å². The number of aryl methyl sites for hydroxylation is 1. The molecule has 1 heterocycles. The van der Waals surface area contributed by atoms with Crippen molar-refractivity contribution in [2.75, 3.05) is 0 Å². The van der Waals surface area contributed by atoms with Gasteiger partial charge in [0.05, 0.1) is 16.4 Å². The van der Waals surface area contributed by atoms with Crippen LogP contribution in [0.4, 0.5) is 0 Å². The van der Waals surface area contributed by atoms with Crippen LogP contribution in [-0.4, -0.2) is 15.2 Å². The van der Waals surface area contributed by atoms with Crippen LogP contribution in [0.15, 0.2) is 10.7 Å². The first kappa shape index (κ1) is 11.5. The summed E-state index contributed by atoms with van der Waals surface area (Å²) in [5, 5.41) is 4.60. The highest BCUT2D eigenvalue weighted by Gasteiger charge is 2.31. The van der Waals surface area contributed by atoms with Gasteiger partial charge in [0.1, 0.15) is 0 Å². The van der Waals surface area contributed by atoms with Gasteiger partial charge in [-0.25, -0.2) is 0 Å². The van der Waals surface area contributed by atoms with Crippen molar-refractivity contribution in [1.82, 2.24) is 9.78 Å². The van der Waals surface area contributed by atoms with Crippen LogP contribution < -0.4 is 0 Å². The topological polar surface area (TPSA) is 17.8 Å². The molecule has 2 nitrogen and oxygen atoms in total. The van der Waals surface area contributed by atoms with Crippen molar-refractivity contribution >= 4 is 27.5 Å². The average Bonchev–Trinajstić information content (AvgIpc) is 2.51. The summed E-state index contributed by atoms with van der Waals surface area (Å²) in [5.74, 6) is 1.25. The van der Waals surface area contributed by atoms with E-state index in [9.17, 15) is 0 Å². The number of aromatic nitrogens is 2. The van der Waals surface area contributed by atoms with E-state index in [1.54, 1.807) is 0 Å². The number of alkyl halides is 1. The van der Waals surface area contributed by atoms with E-state index in [0.717, 1.165) is 17.3 Å². The summed E-state index contributed by atoms with van der Waals surface area (Å²) in [7, 11) is 2.00. The molecule has 1 aromatic heterocycles. The van der Waals surface area contributed by atoms with E-state index in [4.69, 9.17) is 11.6 Å². The summed E-state index contributed by atoms with van der Waals surface area (Å²) in [6.45, 7) is 2.31. The standard InChI is InChI=1S/C11H16BrClN2/c1-7-3-4-8(13)5-9(7)11-10(12)6-14-15(11)2/h6-9H,3-5H2,1-2H3. The lowest BCUT2D eigenvalue weighted by Crippen LogP contribution is -2.23. The summed E-state index contributed by atoms with van der Waals surface area (Å²) in [4.78, 5) is 0. The molecule has 3 unspecified atom stereocenters. The number of hydrogen-bond donors (Lipinski definition) is 0. The van der Waals surface area contributed by atoms with E-state index < -0.39 is 0 Å². The third-order valence-corrected chi connectivity index (χ3v) is 4.43. The Morgan fingerprint density at radius 1 is 1.53 bits per heavy atom. The van der Waals surface area contributed by atoms with Gasteiger partial charge in [0, 0.05) is 18.3 Å². The zero-order valence-electron chi connectivity index (χ0n) is 9.08. The molecule has 0 N–H and O–H groups in total. The summed E-state index contributed by atoms with van der Waals surface area (Å²) >= 11 is 9.83. The van der Waals surface area contributed by atoms with E-state index >= 15 is 0 Å². The fraction of sp³-hybridized carbons (Fsp3) is 0.727. The van der Waals surface area contributed by atoms with E-state index in [0.29, 0.717) is 17.2 Å². The molecule has 1 aromatic rings. The van der Waals surface area contributed by atoms with Crippen LogP contribution in [0.25, 0.3) is 0 Å². The Hall–Kier alpha value is -0.0200. The van der Waals surface area contributed by atoms with Gasteiger partial charge in [-0.3, -0.25) is 4.68 Å². The Labute approximate surface area is 104 Å². The van der Waals surface area contributed by atoms with Crippen LogP contribution in [0, 0.1) is 5.92 Å². The molecular weight excluding hydrogens is 275 g/mol. The SMILES string of the molecule is CC1CCC(Cl)CC1c1c(Br)cnn1C. The highest BCUT2D eigenvalue weighted by Crippen LogP contribution is 2.41. The second kappa shape index (κ2) is 4.46. The van der Waals surface area contributed by atoms with E-state index in [2.05, 4.69) is 28.0 Å². The lowest BCUT2D eigenvalue weighted by Gasteiger charge is -2.32. The summed E-state index contributed by atoms with van der Waals surface area (Å²) in [5.41, 5.74) is 1.30. The molecule has 0 aromatic carbocycles. The highest BCUT2D eigenvalue weighted by atomic mass is 79.9. The van der Waals surface area contributed by atoms with Gasteiger partial charge in [0.2, 0.25) is 0 Å². The predicted octanol–water partition coefficient (Wildman–Crippen LogP) is 3.69. The normalized spacial score (nSPS) is 31.9. The largest absolute Gasteiger partial charge is 0.271 e. The molecule has 0 spiro atoms. The van der Waals surface area contributed by atoms with Crippen molar-refractivity contribution in [2.24, 2.45) is 13.0 Å². The van der Waals surface area contributed by atoms with Crippen molar-refractivity contribution in [2.45, 2.75) is 37.5 Å². The van der Waals surface area contributed by atoms with Gasteiger partial charge < -0.3 is 0 Å². The lowest BCUT2D eigenvalue weighted by molar-refractivity contribution is 0.321. The first-order chi connectivity index (χ1) is 7.09. The summed E-state index contributed by atoms with van der Waals surface area (Å²) < 4.78 is 3.09. The van der Waals surface area contributed by atoms with E-state index in [1.165, 1.54) is 12.1 Å². The van der Waals surface area contributed by atoms with Gasteiger partial charge in [-0.1, -0.05) is 6.92 Å². The smallest absolute Gasteiger partial charge is 0.0635 e. The number of hydrogen-bond acceptors (Lipinski definition) is 1. The molecule has 1 fully saturated rings. The molecule has 3 atom stereocenters. The lowest BCUT2D eigenvalue weighted by atomic mass is 9.78. The second-order valence-corrected chi connectivity index (χ2v) is 5.97. The van der Waals surface area contributed by atoms with Gasteiger partial charge in [-0.2, -0.15) is 5.10 Å². The van der Waals surface area contributed by atoms with E-state index in [-0.39, 0.29) is 0 Å². The van der Waals surface area contributed by atoms with Crippen LogP contribution in [0.1, 0.15) is 37.8 Å². The first-order valence-corrected chi connectivity index (χ1v) is 6.64. The molecule has 4 heteroatoms. The van der Waals surface area contributed by atoms with Crippen LogP contribution in [-0.2, 0) is 7.05 Å². The van der Waals surface area contributed by atoms with Crippen molar-refractivity contribution in [3.8, 4) is 0 Å². The van der Waals surface area contributed by atoms with Gasteiger partial charge in [-0.05, 0) is 41.1 Å². The highest BCUT2D eigenvalue weighted by molar-refractivity contribution is 9.10. The summed E-state index contributed by atoms with van der Waals surface area (Å²) in [6.07, 6.45) is 5.31. The third-order valence-electron chi connectivity index (χ3n) is 3.42. The molecule has 0 saturated heterocycles. The molecule has 15 heavy (non-hydrogen) atoms. The first-order valence-electron chi connectivity index (χ1n) is 5.41. The fourth-order valence-electron chi connectivity index (χ4n) is 2.49. The number of nitrogens with zero attached hydrogens (tertiary/aromatic N) is 2. The minimum atomic E-state index is 0.327. The molecule has 0 radical (unpaired) electrons. The van der Waals surface area contributed by atoms with Crippen molar-refractivity contribution in [1.29, 1.82) is 0 Å². The summed E-state index contributed by atoms with van der Waals surface area (Å²) in [6, 6.07) is 0. The maximum atomic E-state index is 6.25.